The molecule has 8 heteroatoms. The van der Waals surface area contributed by atoms with Crippen LogP contribution in [0.5, 0.6) is 11.5 Å². The third-order valence-electron chi connectivity index (χ3n) is 6.54. The number of para-hydroxylation sites is 1. The molecule has 0 spiro atoms. The van der Waals surface area contributed by atoms with Crippen molar-refractivity contribution >= 4 is 28.9 Å². The number of aromatic amines is 1. The molecule has 0 unspecified atom stereocenters. The molecule has 0 bridgehead atoms. The molecule has 2 aliphatic heterocycles. The maximum absolute atomic E-state index is 13.2. The number of phenols is 1. The molecule has 2 aromatic carbocycles. The molecular formula is C28H31N3O5. The van der Waals surface area contributed by atoms with Crippen LogP contribution in [0, 0.1) is 6.92 Å². The van der Waals surface area contributed by atoms with E-state index in [2.05, 4.69) is 9.88 Å². The lowest BCUT2D eigenvalue weighted by molar-refractivity contribution is 0.0138. The van der Waals surface area contributed by atoms with Crippen LogP contribution in [0.15, 0.2) is 42.2 Å². The van der Waals surface area contributed by atoms with Crippen LogP contribution in [0.2, 0.25) is 0 Å². The zero-order valence-corrected chi connectivity index (χ0v) is 21.1. The maximum Gasteiger partial charge on any atom is 0.410 e. The lowest BCUT2D eigenvalue weighted by Gasteiger charge is -2.35. The number of hydrogen-bond donors (Lipinski definition) is 2. The van der Waals surface area contributed by atoms with Crippen LogP contribution in [0.25, 0.3) is 17.0 Å². The van der Waals surface area contributed by atoms with Gasteiger partial charge in [0.25, 0.3) is 0 Å². The van der Waals surface area contributed by atoms with Crippen molar-refractivity contribution in [3.05, 3.63) is 64.5 Å². The number of allylic oxidation sites excluding steroid dienone is 1. The van der Waals surface area contributed by atoms with E-state index in [1.54, 1.807) is 23.1 Å². The predicted octanol–water partition coefficient (Wildman–Crippen LogP) is 4.85. The molecule has 1 aromatic heterocycles. The number of phenolic OH excluding ortho intramolecular Hbond substituents is 1. The van der Waals surface area contributed by atoms with Crippen LogP contribution in [-0.2, 0) is 11.3 Å². The molecule has 3 aromatic rings. The average molecular weight is 490 g/mol. The highest BCUT2D eigenvalue weighted by molar-refractivity contribution is 6.15. The summed E-state index contributed by atoms with van der Waals surface area (Å²) >= 11 is 0. The number of H-pyrrole nitrogens is 1. The fraction of sp³-hybridized carbons (Fsp3) is 0.357. The van der Waals surface area contributed by atoms with Gasteiger partial charge in [-0.1, -0.05) is 18.2 Å². The summed E-state index contributed by atoms with van der Waals surface area (Å²) in [5, 5.41) is 11.7. The molecule has 8 nitrogen and oxygen atoms in total. The maximum atomic E-state index is 13.2. The monoisotopic (exact) mass is 489 g/mol. The summed E-state index contributed by atoms with van der Waals surface area (Å²) in [7, 11) is 0. The van der Waals surface area contributed by atoms with Crippen molar-refractivity contribution in [1.29, 1.82) is 0 Å². The van der Waals surface area contributed by atoms with Gasteiger partial charge in [-0.2, -0.15) is 0 Å². The average Bonchev–Trinajstić information content (AvgIpc) is 3.31. The predicted molar refractivity (Wildman–Crippen MR) is 137 cm³/mol. The number of ether oxygens (including phenoxy) is 2. The van der Waals surface area contributed by atoms with E-state index in [9.17, 15) is 14.7 Å². The van der Waals surface area contributed by atoms with Gasteiger partial charge in [0.1, 0.15) is 17.1 Å². The molecule has 0 saturated carbocycles. The Morgan fingerprint density at radius 2 is 1.86 bits per heavy atom. The Kier molecular flexibility index (Phi) is 6.00. The van der Waals surface area contributed by atoms with E-state index in [1.807, 2.05) is 52.0 Å². The number of carbonyl (C=O) groups is 2. The summed E-state index contributed by atoms with van der Waals surface area (Å²) in [5.41, 5.74) is 3.33. The van der Waals surface area contributed by atoms with Crippen molar-refractivity contribution in [3.8, 4) is 11.5 Å². The zero-order chi connectivity index (χ0) is 25.6. The molecule has 3 heterocycles. The van der Waals surface area contributed by atoms with Gasteiger partial charge in [0.15, 0.2) is 5.76 Å². The first-order valence-corrected chi connectivity index (χ1v) is 12.2. The van der Waals surface area contributed by atoms with E-state index in [1.165, 1.54) is 0 Å². The number of nitrogens with zero attached hydrogens (tertiary/aromatic N) is 2. The molecule has 1 fully saturated rings. The first-order valence-electron chi connectivity index (χ1n) is 12.2. The van der Waals surface area contributed by atoms with E-state index < -0.39 is 5.60 Å². The van der Waals surface area contributed by atoms with Gasteiger partial charge >= 0.3 is 6.09 Å². The van der Waals surface area contributed by atoms with Crippen LogP contribution >= 0.6 is 0 Å². The molecule has 2 aliphatic rings. The van der Waals surface area contributed by atoms with Crippen LogP contribution in [0.3, 0.4) is 0 Å². The van der Waals surface area contributed by atoms with E-state index in [0.29, 0.717) is 49.6 Å². The number of amides is 1. The normalized spacial score (nSPS) is 17.5. The van der Waals surface area contributed by atoms with E-state index in [4.69, 9.17) is 9.47 Å². The number of rotatable bonds is 3. The van der Waals surface area contributed by atoms with Crippen molar-refractivity contribution in [2.24, 2.45) is 0 Å². The molecular weight excluding hydrogens is 458 g/mol. The summed E-state index contributed by atoms with van der Waals surface area (Å²) in [6, 6.07) is 11.1. The lowest BCUT2D eigenvalue weighted by atomic mass is 10.0. The van der Waals surface area contributed by atoms with Gasteiger partial charge in [0.2, 0.25) is 5.78 Å². The molecule has 5 rings (SSSR count). The second-order valence-corrected chi connectivity index (χ2v) is 10.3. The Morgan fingerprint density at radius 1 is 1.14 bits per heavy atom. The fourth-order valence-electron chi connectivity index (χ4n) is 4.70. The van der Waals surface area contributed by atoms with Gasteiger partial charge in [-0.05, 0) is 52.0 Å². The minimum absolute atomic E-state index is 0.0839. The van der Waals surface area contributed by atoms with Crippen molar-refractivity contribution in [3.63, 3.8) is 0 Å². The molecule has 1 saturated heterocycles. The number of benzene rings is 2. The Balaban J connectivity index is 1.34. The number of fused-ring (bicyclic) bond motifs is 2. The first kappa shape index (κ1) is 23.9. The number of Topliss-reactive ketones (excluding diaryl/α,β-unsaturated/α-hetero) is 1. The zero-order valence-electron chi connectivity index (χ0n) is 21.1. The topological polar surface area (TPSA) is 95.1 Å². The van der Waals surface area contributed by atoms with Crippen LogP contribution in [0.1, 0.15) is 48.0 Å². The third-order valence-corrected chi connectivity index (χ3v) is 6.54. The molecule has 2 N–H and O–H groups in total. The van der Waals surface area contributed by atoms with Crippen LogP contribution in [0.4, 0.5) is 4.79 Å². The van der Waals surface area contributed by atoms with Gasteiger partial charge in [-0.25, -0.2) is 4.79 Å². The van der Waals surface area contributed by atoms with Gasteiger partial charge in [0.05, 0.1) is 11.1 Å². The Bertz CT molecular complexity index is 1370. The Hall–Kier alpha value is -3.78. The summed E-state index contributed by atoms with van der Waals surface area (Å²) < 4.78 is 11.6. The van der Waals surface area contributed by atoms with Crippen LogP contribution in [-0.4, -0.2) is 63.5 Å². The van der Waals surface area contributed by atoms with E-state index >= 15 is 0 Å². The summed E-state index contributed by atoms with van der Waals surface area (Å²) in [6.45, 7) is 10.2. The summed E-state index contributed by atoms with van der Waals surface area (Å²) in [5.74, 6) is 0.518. The van der Waals surface area contributed by atoms with Gasteiger partial charge in [-0.3, -0.25) is 9.69 Å². The second kappa shape index (κ2) is 9.02. The number of carbonyl (C=O) groups excluding carboxylic acids is 2. The van der Waals surface area contributed by atoms with Crippen molar-refractivity contribution in [2.45, 2.75) is 39.8 Å². The highest BCUT2D eigenvalue weighted by Crippen LogP contribution is 2.41. The van der Waals surface area contributed by atoms with Gasteiger partial charge in [-0.15, -0.1) is 0 Å². The van der Waals surface area contributed by atoms with Gasteiger partial charge in [0, 0.05) is 54.9 Å². The summed E-state index contributed by atoms with van der Waals surface area (Å²) in [6.07, 6.45) is 1.46. The minimum Gasteiger partial charge on any atom is -0.507 e. The number of hydrogen-bond acceptors (Lipinski definition) is 6. The smallest absolute Gasteiger partial charge is 0.410 e. The first-order chi connectivity index (χ1) is 17.1. The SMILES string of the molecule is Cc1[nH]c2ccccc2c1C=C1Oc2c(ccc(O)c2CN2CCN(C(=O)OC(C)(C)C)CC2)C1=O. The highest BCUT2D eigenvalue weighted by atomic mass is 16.6. The second-order valence-electron chi connectivity index (χ2n) is 10.3. The quantitative estimate of drug-likeness (QED) is 0.511. The number of aromatic hydroxyl groups is 1. The van der Waals surface area contributed by atoms with E-state index in [-0.39, 0.29) is 23.4 Å². The van der Waals surface area contributed by atoms with Crippen molar-refractivity contribution in [2.75, 3.05) is 26.2 Å². The molecule has 0 atom stereocenters. The van der Waals surface area contributed by atoms with Crippen molar-refractivity contribution < 1.29 is 24.2 Å². The van der Waals surface area contributed by atoms with Crippen molar-refractivity contribution in [1.82, 2.24) is 14.8 Å². The number of aryl methyl sites for hydroxylation is 1. The number of ketones is 1. The van der Waals surface area contributed by atoms with E-state index in [0.717, 1.165) is 22.2 Å². The molecule has 36 heavy (non-hydrogen) atoms. The summed E-state index contributed by atoms with van der Waals surface area (Å²) in [4.78, 5) is 32.7. The van der Waals surface area contributed by atoms with Crippen LogP contribution < -0.4 is 4.74 Å². The lowest BCUT2D eigenvalue weighted by Crippen LogP contribution is -2.49. The third kappa shape index (κ3) is 4.56. The Labute approximate surface area is 210 Å². The molecule has 0 aliphatic carbocycles. The fourth-order valence-corrected chi connectivity index (χ4v) is 4.70. The number of nitrogens with one attached hydrogen (secondary N) is 1. The standard InChI is InChI=1S/C28H31N3O5/c1-17-20(18-7-5-6-8-22(18)29-17)15-24-25(33)19-9-10-23(32)21(26(19)35-24)16-30-11-13-31(14-12-30)27(34)36-28(2,3)4/h5-10,15,29,32H,11-14,16H2,1-4H3. The minimum atomic E-state index is -0.537. The molecule has 1 amide bonds. The number of piperazine rings is 1. The number of aromatic nitrogens is 1. The Morgan fingerprint density at radius 3 is 2.58 bits per heavy atom. The molecule has 188 valence electrons. The largest absolute Gasteiger partial charge is 0.507 e. The highest BCUT2D eigenvalue weighted by Gasteiger charge is 2.33. The van der Waals surface area contributed by atoms with Gasteiger partial charge < -0.3 is 24.5 Å². The molecule has 0 radical (unpaired) electrons.